The molecule has 0 aliphatic heterocycles. The number of hydrogen-bond donors (Lipinski definition) is 2. The predicted molar refractivity (Wildman–Crippen MR) is 48.5 cm³/mol. The summed E-state index contributed by atoms with van der Waals surface area (Å²) >= 11 is 2.72. The fraction of sp³-hybridized carbons (Fsp3) is 0.667. The van der Waals surface area contributed by atoms with Gasteiger partial charge in [0.05, 0.1) is 12.7 Å². The number of nitrogens with zero attached hydrogens (tertiary/aromatic N) is 2. The third kappa shape index (κ3) is 3.06. The van der Waals surface area contributed by atoms with Crippen LogP contribution in [0.5, 0.6) is 0 Å². The first kappa shape index (κ1) is 9.91. The molecule has 68 valence electrons. The fourth-order valence-electron chi connectivity index (χ4n) is 0.557. The normalized spacial score (nSPS) is 13.2. The maximum absolute atomic E-state index is 9.01. The van der Waals surface area contributed by atoms with E-state index in [0.29, 0.717) is 5.75 Å². The quantitative estimate of drug-likeness (QED) is 0.693. The van der Waals surface area contributed by atoms with Crippen molar-refractivity contribution in [1.29, 1.82) is 0 Å². The molecule has 1 atom stereocenters. The molecule has 1 aromatic heterocycles. The summed E-state index contributed by atoms with van der Waals surface area (Å²) in [5.41, 5.74) is 0. The third-order valence-corrected chi connectivity index (χ3v) is 3.19. The van der Waals surface area contributed by atoms with Gasteiger partial charge in [-0.25, -0.2) is 4.98 Å². The van der Waals surface area contributed by atoms with Crippen molar-refractivity contribution in [1.82, 2.24) is 9.36 Å². The number of aliphatic hydroxyl groups excluding tert-OH is 2. The van der Waals surface area contributed by atoms with Crippen molar-refractivity contribution in [2.45, 2.75) is 17.4 Å². The van der Waals surface area contributed by atoms with Gasteiger partial charge in [-0.3, -0.25) is 0 Å². The average Bonchev–Trinajstić information content (AvgIpc) is 2.47. The van der Waals surface area contributed by atoms with Gasteiger partial charge in [-0.2, -0.15) is 4.37 Å². The maximum Gasteiger partial charge on any atom is 0.170 e. The van der Waals surface area contributed by atoms with Gasteiger partial charge in [-0.1, -0.05) is 11.8 Å². The van der Waals surface area contributed by atoms with Gasteiger partial charge in [0.25, 0.3) is 0 Å². The minimum Gasteiger partial charge on any atom is -0.394 e. The third-order valence-electron chi connectivity index (χ3n) is 1.12. The van der Waals surface area contributed by atoms with Crippen LogP contribution in [0.4, 0.5) is 0 Å². The van der Waals surface area contributed by atoms with Gasteiger partial charge in [0, 0.05) is 5.75 Å². The Morgan fingerprint density at radius 3 is 2.92 bits per heavy atom. The molecule has 0 aliphatic rings. The van der Waals surface area contributed by atoms with E-state index in [0.717, 1.165) is 10.2 Å². The molecule has 0 amide bonds. The highest BCUT2D eigenvalue weighted by Crippen LogP contribution is 2.20. The van der Waals surface area contributed by atoms with Gasteiger partial charge in [-0.15, -0.1) is 0 Å². The highest BCUT2D eigenvalue weighted by Gasteiger charge is 2.05. The van der Waals surface area contributed by atoms with Crippen molar-refractivity contribution in [3.63, 3.8) is 0 Å². The molecule has 1 unspecified atom stereocenters. The SMILES string of the molecule is Cc1nsc(SCC(O)CO)n1. The van der Waals surface area contributed by atoms with Crippen molar-refractivity contribution in [2.75, 3.05) is 12.4 Å². The lowest BCUT2D eigenvalue weighted by Crippen LogP contribution is -2.14. The van der Waals surface area contributed by atoms with E-state index in [9.17, 15) is 0 Å². The van der Waals surface area contributed by atoms with E-state index in [1.165, 1.54) is 23.3 Å². The maximum atomic E-state index is 9.01. The molecule has 1 aromatic rings. The second kappa shape index (κ2) is 4.76. The molecular formula is C6H10N2O2S2. The molecule has 0 aliphatic carbocycles. The van der Waals surface area contributed by atoms with Crippen molar-refractivity contribution >= 4 is 23.3 Å². The lowest BCUT2D eigenvalue weighted by Gasteiger charge is -2.02. The van der Waals surface area contributed by atoms with Crippen LogP contribution < -0.4 is 0 Å². The fourth-order valence-corrected chi connectivity index (χ4v) is 2.14. The minimum atomic E-state index is -0.667. The Hall–Kier alpha value is -0.170. The van der Waals surface area contributed by atoms with Gasteiger partial charge in [-0.05, 0) is 18.5 Å². The summed E-state index contributed by atoms with van der Waals surface area (Å²) in [6, 6.07) is 0. The van der Waals surface area contributed by atoms with Crippen molar-refractivity contribution in [2.24, 2.45) is 0 Å². The highest BCUT2D eigenvalue weighted by atomic mass is 32.2. The first-order valence-corrected chi connectivity index (χ1v) is 5.20. The molecule has 0 bridgehead atoms. The number of rotatable bonds is 4. The molecule has 0 aromatic carbocycles. The topological polar surface area (TPSA) is 66.2 Å². The van der Waals surface area contributed by atoms with Crippen LogP contribution in [0.25, 0.3) is 0 Å². The van der Waals surface area contributed by atoms with E-state index in [4.69, 9.17) is 10.2 Å². The number of hydrogen-bond acceptors (Lipinski definition) is 6. The van der Waals surface area contributed by atoms with E-state index in [1.807, 2.05) is 6.92 Å². The highest BCUT2D eigenvalue weighted by molar-refractivity contribution is 8.00. The minimum absolute atomic E-state index is 0.204. The standard InChI is InChI=1S/C6H10N2O2S2/c1-4-7-6(12-8-4)11-3-5(10)2-9/h5,9-10H,2-3H2,1H3. The van der Waals surface area contributed by atoms with Crippen LogP contribution in [0.1, 0.15) is 5.82 Å². The van der Waals surface area contributed by atoms with Gasteiger partial charge in [0.2, 0.25) is 0 Å². The smallest absolute Gasteiger partial charge is 0.170 e. The zero-order chi connectivity index (χ0) is 8.97. The van der Waals surface area contributed by atoms with Gasteiger partial charge < -0.3 is 10.2 Å². The first-order valence-electron chi connectivity index (χ1n) is 3.44. The summed E-state index contributed by atoms with van der Waals surface area (Å²) in [6.07, 6.45) is -0.667. The van der Waals surface area contributed by atoms with Gasteiger partial charge in [0.1, 0.15) is 5.82 Å². The van der Waals surface area contributed by atoms with E-state index in [-0.39, 0.29) is 6.61 Å². The number of thioether (sulfide) groups is 1. The summed E-state index contributed by atoms with van der Waals surface area (Å²) in [5.74, 6) is 1.21. The van der Waals surface area contributed by atoms with E-state index in [2.05, 4.69) is 9.36 Å². The lowest BCUT2D eigenvalue weighted by atomic mass is 10.4. The summed E-state index contributed by atoms with van der Waals surface area (Å²) in [7, 11) is 0. The van der Waals surface area contributed by atoms with Gasteiger partial charge >= 0.3 is 0 Å². The van der Waals surface area contributed by atoms with Gasteiger partial charge in [0.15, 0.2) is 4.34 Å². The molecule has 2 N–H and O–H groups in total. The zero-order valence-electron chi connectivity index (χ0n) is 6.60. The monoisotopic (exact) mass is 206 g/mol. The molecule has 1 rings (SSSR count). The molecule has 0 spiro atoms. The van der Waals surface area contributed by atoms with Crippen LogP contribution in [0.3, 0.4) is 0 Å². The van der Waals surface area contributed by atoms with Crippen LogP contribution in [-0.4, -0.2) is 38.0 Å². The second-order valence-corrected chi connectivity index (χ2v) is 4.27. The summed E-state index contributed by atoms with van der Waals surface area (Å²) < 4.78 is 4.82. The number of aromatic nitrogens is 2. The first-order chi connectivity index (χ1) is 5.72. The van der Waals surface area contributed by atoms with E-state index >= 15 is 0 Å². The molecule has 0 fully saturated rings. The van der Waals surface area contributed by atoms with E-state index in [1.54, 1.807) is 0 Å². The molecule has 0 saturated heterocycles. The molecule has 6 heteroatoms. The Bertz CT molecular complexity index is 241. The molecular weight excluding hydrogens is 196 g/mol. The summed E-state index contributed by atoms with van der Waals surface area (Å²) in [4.78, 5) is 4.09. The van der Waals surface area contributed by atoms with Crippen LogP contribution in [0, 0.1) is 6.92 Å². The average molecular weight is 206 g/mol. The summed E-state index contributed by atoms with van der Waals surface area (Å²) in [5, 5.41) is 17.5. The Balaban J connectivity index is 2.33. The van der Waals surface area contributed by atoms with Crippen LogP contribution in [0.15, 0.2) is 4.34 Å². The Morgan fingerprint density at radius 2 is 2.42 bits per heavy atom. The van der Waals surface area contributed by atoms with Crippen LogP contribution in [0.2, 0.25) is 0 Å². The van der Waals surface area contributed by atoms with Crippen LogP contribution in [-0.2, 0) is 0 Å². The summed E-state index contributed by atoms with van der Waals surface area (Å²) in [6.45, 7) is 1.62. The number of aliphatic hydroxyl groups is 2. The lowest BCUT2D eigenvalue weighted by molar-refractivity contribution is 0.113. The molecule has 12 heavy (non-hydrogen) atoms. The molecule has 0 radical (unpaired) electrons. The van der Waals surface area contributed by atoms with Crippen molar-refractivity contribution < 1.29 is 10.2 Å². The zero-order valence-corrected chi connectivity index (χ0v) is 8.23. The van der Waals surface area contributed by atoms with Crippen LogP contribution >= 0.6 is 23.3 Å². The van der Waals surface area contributed by atoms with Crippen molar-refractivity contribution in [3.8, 4) is 0 Å². The largest absolute Gasteiger partial charge is 0.394 e. The Kier molecular flexibility index (Phi) is 3.93. The Labute approximate surface area is 78.8 Å². The number of aryl methyl sites for hydroxylation is 1. The Morgan fingerprint density at radius 1 is 1.67 bits per heavy atom. The van der Waals surface area contributed by atoms with Crippen molar-refractivity contribution in [3.05, 3.63) is 5.82 Å². The second-order valence-electron chi connectivity index (χ2n) is 2.25. The molecule has 0 saturated carbocycles. The van der Waals surface area contributed by atoms with E-state index < -0.39 is 6.10 Å². The predicted octanol–water partition coefficient (Wildman–Crippen LogP) is 0.292. The molecule has 1 heterocycles. The molecule has 4 nitrogen and oxygen atoms in total.